The fraction of sp³-hybridized carbons (Fsp3) is 0.333. The lowest BCUT2D eigenvalue weighted by molar-refractivity contribution is 0.680. The van der Waals surface area contributed by atoms with E-state index in [0.29, 0.717) is 5.56 Å². The van der Waals surface area contributed by atoms with E-state index in [-0.39, 0.29) is 11.4 Å². The number of hydrogen-bond acceptors (Lipinski definition) is 4. The van der Waals surface area contributed by atoms with Gasteiger partial charge in [0.1, 0.15) is 0 Å². The second-order valence-corrected chi connectivity index (χ2v) is 8.02. The molecule has 0 aromatic carbocycles. The molecule has 17 heavy (non-hydrogen) atoms. The van der Waals surface area contributed by atoms with Crippen molar-refractivity contribution in [2.45, 2.75) is 9.55 Å². The normalized spacial score (nSPS) is 14.8. The number of pyridine rings is 1. The number of nitriles is 1. The van der Waals surface area contributed by atoms with Gasteiger partial charge in [-0.1, -0.05) is 40.9 Å². The fourth-order valence-corrected chi connectivity index (χ4v) is 2.47. The molecule has 1 aromatic rings. The Labute approximate surface area is 115 Å². The minimum atomic E-state index is -2.56. The Morgan fingerprint density at radius 3 is 2.59 bits per heavy atom. The molecule has 8 heteroatoms. The second-order valence-electron chi connectivity index (χ2n) is 3.34. The van der Waals surface area contributed by atoms with E-state index in [1.807, 2.05) is 0 Å². The Bertz CT molecular complexity index is 550. The molecule has 0 radical (unpaired) electrons. The van der Waals surface area contributed by atoms with Gasteiger partial charge in [0.2, 0.25) is 9.99 Å². The maximum absolute atomic E-state index is 11.7. The highest BCUT2D eigenvalue weighted by molar-refractivity contribution is 7.92. The summed E-state index contributed by atoms with van der Waals surface area (Å²) in [6.45, 7) is 0. The first-order valence-corrected chi connectivity index (χ1v) is 7.57. The fourth-order valence-electron chi connectivity index (χ4n) is 1.11. The molecular formula is C9H8Cl3N3OS. The first kappa shape index (κ1) is 14.5. The Morgan fingerprint density at radius 1 is 1.53 bits per heavy atom. The lowest BCUT2D eigenvalue weighted by atomic mass is 10.3. The van der Waals surface area contributed by atoms with Crippen LogP contribution < -0.4 is 0 Å². The van der Waals surface area contributed by atoms with Crippen molar-refractivity contribution in [2.24, 2.45) is 4.36 Å². The summed E-state index contributed by atoms with van der Waals surface area (Å²) in [5, 5.41) is 8.37. The number of aromatic nitrogens is 1. The third-order valence-corrected chi connectivity index (χ3v) is 3.70. The van der Waals surface area contributed by atoms with E-state index in [1.54, 1.807) is 6.07 Å². The van der Waals surface area contributed by atoms with Gasteiger partial charge in [0.15, 0.2) is 0 Å². The van der Waals surface area contributed by atoms with E-state index in [2.05, 4.69) is 9.35 Å². The SMILES string of the molecule is CS(=O)(Cc1ccc(C(Cl)(Cl)Cl)nc1)=NC#N. The summed E-state index contributed by atoms with van der Waals surface area (Å²) < 4.78 is 13.5. The first-order valence-electron chi connectivity index (χ1n) is 4.35. The summed E-state index contributed by atoms with van der Waals surface area (Å²) in [7, 11) is -2.56. The summed E-state index contributed by atoms with van der Waals surface area (Å²) >= 11 is 16.9. The smallest absolute Gasteiger partial charge is 0.232 e. The predicted octanol–water partition coefficient (Wildman–Crippen LogP) is 2.99. The number of rotatable bonds is 2. The van der Waals surface area contributed by atoms with Gasteiger partial charge in [0.25, 0.3) is 0 Å². The van der Waals surface area contributed by atoms with Crippen LogP contribution in [0.5, 0.6) is 0 Å². The molecule has 92 valence electrons. The molecule has 1 rings (SSSR count). The molecule has 0 aliphatic heterocycles. The van der Waals surface area contributed by atoms with Crippen molar-refractivity contribution < 1.29 is 4.21 Å². The molecule has 0 aliphatic carbocycles. The van der Waals surface area contributed by atoms with Gasteiger partial charge in [0.05, 0.1) is 21.2 Å². The number of nitrogens with zero attached hydrogens (tertiary/aromatic N) is 3. The van der Waals surface area contributed by atoms with Crippen molar-refractivity contribution in [1.82, 2.24) is 4.98 Å². The lowest BCUT2D eigenvalue weighted by Crippen LogP contribution is -2.05. The van der Waals surface area contributed by atoms with Crippen LogP contribution in [0, 0.1) is 11.5 Å². The summed E-state index contributed by atoms with van der Waals surface area (Å²) in [4.78, 5) is 3.95. The largest absolute Gasteiger partial charge is 0.256 e. The molecule has 1 heterocycles. The Balaban J connectivity index is 2.95. The van der Waals surface area contributed by atoms with Gasteiger partial charge >= 0.3 is 0 Å². The number of alkyl halides is 3. The van der Waals surface area contributed by atoms with Crippen LogP contribution in [0.15, 0.2) is 22.7 Å². The minimum Gasteiger partial charge on any atom is -0.256 e. The van der Waals surface area contributed by atoms with Crippen molar-refractivity contribution in [3.8, 4) is 6.19 Å². The minimum absolute atomic E-state index is 0.133. The molecule has 0 fully saturated rings. The average molecular weight is 313 g/mol. The van der Waals surface area contributed by atoms with E-state index in [4.69, 9.17) is 40.1 Å². The Hall–Kier alpha value is -0.540. The number of hydrogen-bond donors (Lipinski definition) is 0. The topological polar surface area (TPSA) is 66.1 Å². The van der Waals surface area contributed by atoms with Crippen LogP contribution in [0.4, 0.5) is 0 Å². The molecule has 1 aromatic heterocycles. The standard InChI is InChI=1S/C9H8Cl3N3OS/c1-17(16,15-6-13)5-7-2-3-8(14-4-7)9(10,11)12/h2-4H,5H2,1H3. The quantitative estimate of drug-likeness (QED) is 0.623. The van der Waals surface area contributed by atoms with Gasteiger partial charge in [-0.2, -0.15) is 5.26 Å². The van der Waals surface area contributed by atoms with E-state index in [1.165, 1.54) is 24.7 Å². The van der Waals surface area contributed by atoms with Gasteiger partial charge in [0, 0.05) is 12.5 Å². The summed E-state index contributed by atoms with van der Waals surface area (Å²) in [5.41, 5.74) is 0.945. The van der Waals surface area contributed by atoms with Crippen molar-refractivity contribution >= 4 is 44.5 Å². The summed E-state index contributed by atoms with van der Waals surface area (Å²) in [5.74, 6) is 0.133. The molecule has 1 atom stereocenters. The van der Waals surface area contributed by atoms with Gasteiger partial charge in [-0.3, -0.25) is 4.98 Å². The summed E-state index contributed by atoms with van der Waals surface area (Å²) in [6, 6.07) is 3.17. The van der Waals surface area contributed by atoms with Gasteiger partial charge < -0.3 is 0 Å². The lowest BCUT2D eigenvalue weighted by Gasteiger charge is -2.10. The Morgan fingerprint density at radius 2 is 2.18 bits per heavy atom. The zero-order valence-electron chi connectivity index (χ0n) is 8.73. The van der Waals surface area contributed by atoms with Crippen LogP contribution in [0.25, 0.3) is 0 Å². The predicted molar refractivity (Wildman–Crippen MR) is 69.3 cm³/mol. The monoisotopic (exact) mass is 311 g/mol. The molecule has 0 N–H and O–H groups in total. The van der Waals surface area contributed by atoms with Gasteiger partial charge in [-0.05, 0) is 11.6 Å². The van der Waals surface area contributed by atoms with Crippen LogP contribution in [-0.4, -0.2) is 15.4 Å². The zero-order chi connectivity index (χ0) is 13.1. The van der Waals surface area contributed by atoms with Crippen LogP contribution >= 0.6 is 34.8 Å². The third-order valence-electron chi connectivity index (χ3n) is 1.78. The average Bonchev–Trinajstić information content (AvgIpc) is 2.16. The third kappa shape index (κ3) is 4.68. The van der Waals surface area contributed by atoms with Gasteiger partial charge in [-0.15, -0.1) is 4.36 Å². The molecule has 0 bridgehead atoms. The van der Waals surface area contributed by atoms with Crippen LogP contribution in [0.2, 0.25) is 0 Å². The van der Waals surface area contributed by atoms with E-state index in [0.717, 1.165) is 0 Å². The second kappa shape index (κ2) is 5.40. The van der Waals surface area contributed by atoms with E-state index >= 15 is 0 Å². The molecule has 0 saturated carbocycles. The number of halogens is 3. The van der Waals surface area contributed by atoms with Crippen molar-refractivity contribution in [1.29, 1.82) is 5.26 Å². The molecule has 0 amide bonds. The first-order chi connectivity index (χ1) is 7.74. The van der Waals surface area contributed by atoms with E-state index in [9.17, 15) is 4.21 Å². The van der Waals surface area contributed by atoms with Gasteiger partial charge in [-0.25, -0.2) is 4.21 Å². The molecule has 0 aliphatic rings. The molecular weight excluding hydrogens is 305 g/mol. The van der Waals surface area contributed by atoms with E-state index < -0.39 is 13.5 Å². The molecule has 4 nitrogen and oxygen atoms in total. The zero-order valence-corrected chi connectivity index (χ0v) is 11.8. The highest BCUT2D eigenvalue weighted by atomic mass is 35.6. The molecule has 1 unspecified atom stereocenters. The van der Waals surface area contributed by atoms with Crippen molar-refractivity contribution in [3.05, 3.63) is 29.6 Å². The Kier molecular flexibility index (Phi) is 4.62. The maximum Gasteiger partial charge on any atom is 0.232 e. The molecule has 0 saturated heterocycles. The molecule has 0 spiro atoms. The summed E-state index contributed by atoms with van der Waals surface area (Å²) in [6.07, 6.45) is 4.38. The van der Waals surface area contributed by atoms with Crippen LogP contribution in [0.1, 0.15) is 11.3 Å². The maximum atomic E-state index is 11.7. The van der Waals surface area contributed by atoms with Crippen LogP contribution in [-0.2, 0) is 19.3 Å². The highest BCUT2D eigenvalue weighted by Gasteiger charge is 2.24. The highest BCUT2D eigenvalue weighted by Crippen LogP contribution is 2.36. The van der Waals surface area contributed by atoms with Crippen molar-refractivity contribution in [3.63, 3.8) is 0 Å². The van der Waals surface area contributed by atoms with Crippen molar-refractivity contribution in [2.75, 3.05) is 6.26 Å². The van der Waals surface area contributed by atoms with Crippen LogP contribution in [0.3, 0.4) is 0 Å².